The Morgan fingerprint density at radius 2 is 2.26 bits per heavy atom. The van der Waals surface area contributed by atoms with E-state index in [9.17, 15) is 0 Å². The van der Waals surface area contributed by atoms with Gasteiger partial charge in [-0.15, -0.1) is 11.3 Å². The molecule has 2 aromatic rings. The Kier molecular flexibility index (Phi) is 3.52. The molecule has 0 spiro atoms. The summed E-state index contributed by atoms with van der Waals surface area (Å²) in [6.07, 6.45) is 0. The van der Waals surface area contributed by atoms with Gasteiger partial charge in [-0.2, -0.15) is 0 Å². The lowest BCUT2D eigenvalue weighted by Gasteiger charge is -2.25. The first-order valence-electron chi connectivity index (χ1n) is 5.74. The van der Waals surface area contributed by atoms with E-state index in [2.05, 4.69) is 32.4 Å². The highest BCUT2D eigenvalue weighted by atomic mass is 79.9. The molecule has 1 unspecified atom stereocenters. The van der Waals surface area contributed by atoms with Crippen molar-refractivity contribution in [2.24, 2.45) is 10.7 Å². The van der Waals surface area contributed by atoms with Gasteiger partial charge in [-0.3, -0.25) is 4.99 Å². The second-order valence-corrected chi connectivity index (χ2v) is 6.53. The molecule has 19 heavy (non-hydrogen) atoms. The molecule has 0 radical (unpaired) electrons. The summed E-state index contributed by atoms with van der Waals surface area (Å²) in [6.45, 7) is 0.672. The van der Waals surface area contributed by atoms with Crippen molar-refractivity contribution in [3.05, 3.63) is 50.1 Å². The molecular weight excluding hydrogens is 346 g/mol. The van der Waals surface area contributed by atoms with Crippen molar-refractivity contribution in [2.45, 2.75) is 6.04 Å². The van der Waals surface area contributed by atoms with Crippen molar-refractivity contribution in [2.75, 3.05) is 11.4 Å². The van der Waals surface area contributed by atoms with Crippen molar-refractivity contribution in [3.8, 4) is 0 Å². The number of nitrogens with zero attached hydrogens (tertiary/aromatic N) is 2. The largest absolute Gasteiger partial charge is 0.369 e. The molecule has 1 aromatic carbocycles. The van der Waals surface area contributed by atoms with Crippen LogP contribution in [0.2, 0.25) is 5.02 Å². The van der Waals surface area contributed by atoms with E-state index in [4.69, 9.17) is 17.3 Å². The Balaban J connectivity index is 1.99. The monoisotopic (exact) mass is 355 g/mol. The lowest BCUT2D eigenvalue weighted by Crippen LogP contribution is -2.35. The predicted octanol–water partition coefficient (Wildman–Crippen LogP) is 4.04. The fraction of sp³-hybridized carbons (Fsp3) is 0.154. The first-order chi connectivity index (χ1) is 9.15. The van der Waals surface area contributed by atoms with Gasteiger partial charge >= 0.3 is 0 Å². The van der Waals surface area contributed by atoms with Crippen molar-refractivity contribution >= 4 is 50.5 Å². The van der Waals surface area contributed by atoms with E-state index in [-0.39, 0.29) is 6.04 Å². The number of nitrogens with two attached hydrogens (primary N) is 1. The second kappa shape index (κ2) is 5.15. The number of aliphatic imine (C=N–C) groups is 1. The molecule has 0 amide bonds. The fourth-order valence-electron chi connectivity index (χ4n) is 2.16. The number of hydrogen-bond acceptors (Lipinski definition) is 4. The molecular formula is C13H11BrClN3S. The van der Waals surface area contributed by atoms with E-state index in [0.29, 0.717) is 17.5 Å². The Morgan fingerprint density at radius 3 is 2.95 bits per heavy atom. The highest BCUT2D eigenvalue weighted by Gasteiger charge is 2.29. The summed E-state index contributed by atoms with van der Waals surface area (Å²) in [5, 5.41) is 2.77. The minimum Gasteiger partial charge on any atom is -0.369 e. The number of hydrogen-bond donors (Lipinski definition) is 1. The molecule has 0 saturated carbocycles. The second-order valence-electron chi connectivity index (χ2n) is 4.23. The molecule has 0 saturated heterocycles. The Hall–Kier alpha value is -1.04. The van der Waals surface area contributed by atoms with Crippen molar-refractivity contribution in [3.63, 3.8) is 0 Å². The standard InChI is InChI=1S/C13H11BrClN3S/c14-8-4-12(19-7-8)11-6-17-13(16)18(11)10-3-1-2-9(15)5-10/h1-5,7,11H,6H2,(H2,16,17). The van der Waals surface area contributed by atoms with Gasteiger partial charge in [-0.1, -0.05) is 17.7 Å². The Bertz CT molecular complexity index is 640. The smallest absolute Gasteiger partial charge is 0.196 e. The molecule has 0 fully saturated rings. The van der Waals surface area contributed by atoms with E-state index in [1.807, 2.05) is 29.2 Å². The number of anilines is 1. The van der Waals surface area contributed by atoms with Gasteiger partial charge < -0.3 is 10.6 Å². The number of thiophene rings is 1. The first-order valence-corrected chi connectivity index (χ1v) is 7.79. The van der Waals surface area contributed by atoms with Gasteiger partial charge in [-0.25, -0.2) is 0 Å². The summed E-state index contributed by atoms with van der Waals surface area (Å²) < 4.78 is 1.09. The van der Waals surface area contributed by atoms with Gasteiger partial charge in [0.2, 0.25) is 0 Å². The predicted molar refractivity (Wildman–Crippen MR) is 85.2 cm³/mol. The minimum absolute atomic E-state index is 0.148. The lowest BCUT2D eigenvalue weighted by atomic mass is 10.2. The number of benzene rings is 1. The Morgan fingerprint density at radius 1 is 1.42 bits per heavy atom. The molecule has 3 nitrogen and oxygen atoms in total. The average molecular weight is 357 g/mol. The van der Waals surface area contributed by atoms with Crippen LogP contribution in [0.1, 0.15) is 10.9 Å². The quantitative estimate of drug-likeness (QED) is 0.882. The molecule has 1 aliphatic rings. The van der Waals surface area contributed by atoms with Crippen LogP contribution in [-0.2, 0) is 0 Å². The molecule has 3 rings (SSSR count). The van der Waals surface area contributed by atoms with Gasteiger partial charge in [0, 0.05) is 25.4 Å². The van der Waals surface area contributed by atoms with Crippen LogP contribution in [0.5, 0.6) is 0 Å². The van der Waals surface area contributed by atoms with Gasteiger partial charge in [0.25, 0.3) is 0 Å². The minimum atomic E-state index is 0.148. The van der Waals surface area contributed by atoms with Gasteiger partial charge in [0.15, 0.2) is 5.96 Å². The topological polar surface area (TPSA) is 41.6 Å². The maximum absolute atomic E-state index is 6.06. The summed E-state index contributed by atoms with van der Waals surface area (Å²) in [4.78, 5) is 7.62. The lowest BCUT2D eigenvalue weighted by molar-refractivity contribution is 0.784. The molecule has 98 valence electrons. The van der Waals surface area contributed by atoms with Gasteiger partial charge in [0.1, 0.15) is 0 Å². The zero-order chi connectivity index (χ0) is 13.4. The van der Waals surface area contributed by atoms with E-state index < -0.39 is 0 Å². The van der Waals surface area contributed by atoms with Gasteiger partial charge in [0.05, 0.1) is 12.6 Å². The van der Waals surface area contributed by atoms with Gasteiger partial charge in [-0.05, 0) is 40.2 Å². The average Bonchev–Trinajstić information content (AvgIpc) is 2.95. The SMILES string of the molecule is NC1=NCC(c2cc(Br)cs2)N1c1cccc(Cl)c1. The summed E-state index contributed by atoms with van der Waals surface area (Å²) in [5.74, 6) is 0.539. The Labute approximate surface area is 128 Å². The van der Waals surface area contributed by atoms with Crippen molar-refractivity contribution in [1.29, 1.82) is 0 Å². The fourth-order valence-corrected chi connectivity index (χ4v) is 3.87. The van der Waals surface area contributed by atoms with Crippen LogP contribution in [-0.4, -0.2) is 12.5 Å². The summed E-state index contributed by atoms with van der Waals surface area (Å²) in [7, 11) is 0. The molecule has 6 heteroatoms. The third-order valence-electron chi connectivity index (χ3n) is 2.99. The van der Waals surface area contributed by atoms with Crippen LogP contribution in [0, 0.1) is 0 Å². The van der Waals surface area contributed by atoms with Crippen LogP contribution >= 0.6 is 38.9 Å². The van der Waals surface area contributed by atoms with Crippen LogP contribution in [0.15, 0.2) is 45.2 Å². The van der Waals surface area contributed by atoms with Crippen LogP contribution in [0.4, 0.5) is 5.69 Å². The van der Waals surface area contributed by atoms with E-state index >= 15 is 0 Å². The molecule has 0 bridgehead atoms. The van der Waals surface area contributed by atoms with E-state index in [1.165, 1.54) is 4.88 Å². The van der Waals surface area contributed by atoms with Crippen LogP contribution in [0.3, 0.4) is 0 Å². The molecule has 1 aliphatic heterocycles. The number of guanidine groups is 1. The summed E-state index contributed by atoms with van der Waals surface area (Å²) in [6, 6.07) is 9.94. The molecule has 1 aromatic heterocycles. The first kappa shape index (κ1) is 13.0. The summed E-state index contributed by atoms with van der Waals surface area (Å²) >= 11 is 11.2. The maximum atomic E-state index is 6.06. The third-order valence-corrected chi connectivity index (χ3v) is 5.02. The molecule has 2 N–H and O–H groups in total. The van der Waals surface area contributed by atoms with Crippen molar-refractivity contribution in [1.82, 2.24) is 0 Å². The van der Waals surface area contributed by atoms with E-state index in [0.717, 1.165) is 10.2 Å². The van der Waals surface area contributed by atoms with E-state index in [1.54, 1.807) is 11.3 Å². The highest BCUT2D eigenvalue weighted by molar-refractivity contribution is 9.10. The van der Waals surface area contributed by atoms with Crippen molar-refractivity contribution < 1.29 is 0 Å². The van der Waals surface area contributed by atoms with Crippen LogP contribution in [0.25, 0.3) is 0 Å². The zero-order valence-electron chi connectivity index (χ0n) is 9.88. The summed E-state index contributed by atoms with van der Waals surface area (Å²) in [5.41, 5.74) is 6.99. The molecule has 0 aliphatic carbocycles. The molecule has 1 atom stereocenters. The normalized spacial score (nSPS) is 18.7. The molecule has 2 heterocycles. The zero-order valence-corrected chi connectivity index (χ0v) is 13.0. The maximum Gasteiger partial charge on any atom is 0.196 e. The number of halogens is 2. The third kappa shape index (κ3) is 2.50. The number of rotatable bonds is 2. The highest BCUT2D eigenvalue weighted by Crippen LogP contribution is 2.36. The van der Waals surface area contributed by atoms with Crippen LogP contribution < -0.4 is 10.6 Å².